The third-order valence-corrected chi connectivity index (χ3v) is 5.04. The van der Waals surface area contributed by atoms with Crippen LogP contribution in [0.2, 0.25) is 0 Å². The van der Waals surface area contributed by atoms with Gasteiger partial charge in [0.15, 0.2) is 11.4 Å². The number of hydrogen-bond donors (Lipinski definition) is 2. The Balaban J connectivity index is 1.86. The number of nitrogens with one attached hydrogen (secondary N) is 1. The van der Waals surface area contributed by atoms with E-state index in [1.165, 1.54) is 36.9 Å². The maximum atomic E-state index is 12.8. The van der Waals surface area contributed by atoms with Crippen LogP contribution in [-0.4, -0.2) is 44.5 Å². The molecule has 0 saturated carbocycles. The molecular weight excluding hydrogens is 487 g/mol. The van der Waals surface area contributed by atoms with Gasteiger partial charge >= 0.3 is 12.1 Å². The van der Waals surface area contributed by atoms with Gasteiger partial charge in [-0.2, -0.15) is 23.4 Å². The third-order valence-electron chi connectivity index (χ3n) is 5.04. The summed E-state index contributed by atoms with van der Waals surface area (Å²) in [5.41, 5.74) is 0.520. The standard InChI is InChI=1S/C22H18F3N5O6/c1-11(26-27-20(32)13-6-9-15(21(33)36-3)16(10-13)30(34)35)17-19(31)18(29(2)28-17)12-4-7-14(8-5-12)22(23,24)25/h4-10,31H,1-3H3,(H,27,32). The van der Waals surface area contributed by atoms with Crippen LogP contribution >= 0.6 is 0 Å². The highest BCUT2D eigenvalue weighted by Gasteiger charge is 2.30. The average molecular weight is 505 g/mol. The Labute approximate surface area is 201 Å². The molecule has 2 N–H and O–H groups in total. The van der Waals surface area contributed by atoms with Crippen LogP contribution < -0.4 is 5.43 Å². The van der Waals surface area contributed by atoms with Gasteiger partial charge in [0.1, 0.15) is 11.3 Å². The molecule has 0 spiro atoms. The minimum Gasteiger partial charge on any atom is -0.504 e. The molecule has 0 fully saturated rings. The fraction of sp³-hybridized carbons (Fsp3) is 0.182. The van der Waals surface area contributed by atoms with Gasteiger partial charge in [0, 0.05) is 24.2 Å². The highest BCUT2D eigenvalue weighted by atomic mass is 19.4. The number of halogens is 3. The van der Waals surface area contributed by atoms with Crippen molar-refractivity contribution < 1.29 is 37.5 Å². The van der Waals surface area contributed by atoms with E-state index in [-0.39, 0.29) is 39.5 Å². The highest BCUT2D eigenvalue weighted by molar-refractivity contribution is 6.03. The number of aromatic hydroxyl groups is 1. The first-order valence-corrected chi connectivity index (χ1v) is 10.0. The smallest absolute Gasteiger partial charge is 0.416 e. The Kier molecular flexibility index (Phi) is 7.08. The van der Waals surface area contributed by atoms with Crippen LogP contribution in [0.15, 0.2) is 47.6 Å². The number of hydrazone groups is 1. The fourth-order valence-corrected chi connectivity index (χ4v) is 3.26. The fourth-order valence-electron chi connectivity index (χ4n) is 3.26. The van der Waals surface area contributed by atoms with Crippen molar-refractivity contribution in [2.45, 2.75) is 13.1 Å². The number of methoxy groups -OCH3 is 1. The molecule has 36 heavy (non-hydrogen) atoms. The van der Waals surface area contributed by atoms with Crippen LogP contribution in [0.3, 0.4) is 0 Å². The normalized spacial score (nSPS) is 11.8. The predicted molar refractivity (Wildman–Crippen MR) is 119 cm³/mol. The van der Waals surface area contributed by atoms with Crippen LogP contribution in [0.25, 0.3) is 11.3 Å². The summed E-state index contributed by atoms with van der Waals surface area (Å²) in [6.07, 6.45) is -4.51. The molecule has 3 rings (SSSR count). The molecule has 11 nitrogen and oxygen atoms in total. The summed E-state index contributed by atoms with van der Waals surface area (Å²) in [4.78, 5) is 34.6. The first kappa shape index (κ1) is 25.9. The molecule has 188 valence electrons. The van der Waals surface area contributed by atoms with Crippen molar-refractivity contribution in [3.05, 3.63) is 75.0 Å². The number of benzene rings is 2. The number of nitrogens with zero attached hydrogens (tertiary/aromatic N) is 4. The predicted octanol–water partition coefficient (Wildman–Crippen LogP) is 3.66. The van der Waals surface area contributed by atoms with Crippen LogP contribution in [0.4, 0.5) is 18.9 Å². The summed E-state index contributed by atoms with van der Waals surface area (Å²) >= 11 is 0. The Morgan fingerprint density at radius 3 is 2.39 bits per heavy atom. The molecule has 1 aromatic heterocycles. The number of aryl methyl sites for hydroxylation is 1. The molecule has 3 aromatic rings. The zero-order valence-electron chi connectivity index (χ0n) is 19.0. The number of carbonyl (C=O) groups excluding carboxylic acids is 2. The van der Waals surface area contributed by atoms with Crippen LogP contribution in [0.1, 0.15) is 38.9 Å². The minimum atomic E-state index is -4.51. The van der Waals surface area contributed by atoms with Crippen molar-refractivity contribution in [1.82, 2.24) is 15.2 Å². The molecule has 0 aliphatic heterocycles. The van der Waals surface area contributed by atoms with Gasteiger partial charge in [0.2, 0.25) is 0 Å². The minimum absolute atomic E-state index is 0.0373. The van der Waals surface area contributed by atoms with Gasteiger partial charge in [-0.1, -0.05) is 12.1 Å². The van der Waals surface area contributed by atoms with E-state index in [4.69, 9.17) is 0 Å². The molecule has 0 saturated heterocycles. The first-order chi connectivity index (χ1) is 16.8. The Bertz CT molecular complexity index is 1380. The van der Waals surface area contributed by atoms with E-state index in [0.717, 1.165) is 31.4 Å². The number of alkyl halides is 3. The zero-order valence-corrected chi connectivity index (χ0v) is 19.0. The van der Waals surface area contributed by atoms with Crippen molar-refractivity contribution >= 4 is 23.3 Å². The van der Waals surface area contributed by atoms with E-state index in [9.17, 15) is 38.0 Å². The molecular formula is C22H18F3N5O6. The maximum Gasteiger partial charge on any atom is 0.416 e. The van der Waals surface area contributed by atoms with Crippen molar-refractivity contribution in [2.75, 3.05) is 7.11 Å². The summed E-state index contributed by atoms with van der Waals surface area (Å²) in [6, 6.07) is 7.22. The lowest BCUT2D eigenvalue weighted by Crippen LogP contribution is -2.20. The van der Waals surface area contributed by atoms with E-state index in [0.29, 0.717) is 0 Å². The number of carbonyl (C=O) groups is 2. The van der Waals surface area contributed by atoms with Gasteiger partial charge in [0.25, 0.3) is 11.6 Å². The van der Waals surface area contributed by atoms with Gasteiger partial charge in [0.05, 0.1) is 23.3 Å². The molecule has 0 atom stereocenters. The second kappa shape index (κ2) is 9.85. The molecule has 14 heteroatoms. The van der Waals surface area contributed by atoms with E-state index >= 15 is 0 Å². The summed E-state index contributed by atoms with van der Waals surface area (Å²) in [7, 11) is 2.52. The molecule has 1 amide bonds. The van der Waals surface area contributed by atoms with Crippen LogP contribution in [-0.2, 0) is 18.0 Å². The number of nitro groups is 1. The summed E-state index contributed by atoms with van der Waals surface area (Å²) in [5, 5.41) is 29.9. The first-order valence-electron chi connectivity index (χ1n) is 10.0. The second-order valence-electron chi connectivity index (χ2n) is 7.36. The zero-order chi connectivity index (χ0) is 26.8. The SMILES string of the molecule is COC(=O)c1ccc(C(=O)NN=C(C)c2nn(C)c(-c3ccc(C(F)(F)F)cc3)c2O)cc1[N+](=O)[O-]. The summed E-state index contributed by atoms with van der Waals surface area (Å²) in [5.74, 6) is -2.19. The van der Waals surface area contributed by atoms with Gasteiger partial charge < -0.3 is 9.84 Å². The third kappa shape index (κ3) is 5.16. The second-order valence-corrected chi connectivity index (χ2v) is 7.36. The maximum absolute atomic E-state index is 12.8. The largest absolute Gasteiger partial charge is 0.504 e. The van der Waals surface area contributed by atoms with Crippen LogP contribution in [0.5, 0.6) is 5.75 Å². The molecule has 0 bridgehead atoms. The quantitative estimate of drug-likeness (QED) is 0.225. The Morgan fingerprint density at radius 1 is 1.19 bits per heavy atom. The van der Waals surface area contributed by atoms with Crippen molar-refractivity contribution in [3.63, 3.8) is 0 Å². The van der Waals surface area contributed by atoms with Crippen LogP contribution in [0, 0.1) is 10.1 Å². The lowest BCUT2D eigenvalue weighted by Gasteiger charge is -2.08. The molecule has 0 radical (unpaired) electrons. The van der Waals surface area contributed by atoms with Gasteiger partial charge in [-0.15, -0.1) is 0 Å². The highest BCUT2D eigenvalue weighted by Crippen LogP contribution is 2.35. The number of rotatable bonds is 6. The number of ether oxygens (including phenoxy) is 1. The Hall–Kier alpha value is -4.75. The molecule has 1 heterocycles. The van der Waals surface area contributed by atoms with E-state index < -0.39 is 34.2 Å². The number of aromatic nitrogens is 2. The van der Waals surface area contributed by atoms with Gasteiger partial charge in [-0.05, 0) is 31.2 Å². The van der Waals surface area contributed by atoms with Crippen molar-refractivity contribution in [1.29, 1.82) is 0 Å². The molecule has 0 unspecified atom stereocenters. The van der Waals surface area contributed by atoms with E-state index in [2.05, 4.69) is 20.4 Å². The van der Waals surface area contributed by atoms with Gasteiger partial charge in [-0.25, -0.2) is 10.2 Å². The van der Waals surface area contributed by atoms with E-state index in [1.54, 1.807) is 0 Å². The van der Waals surface area contributed by atoms with E-state index in [1.807, 2.05) is 0 Å². The summed E-state index contributed by atoms with van der Waals surface area (Å²) < 4.78 is 44.2. The monoisotopic (exact) mass is 505 g/mol. The van der Waals surface area contributed by atoms with Crippen molar-refractivity contribution in [2.24, 2.45) is 12.1 Å². The molecule has 0 aliphatic rings. The lowest BCUT2D eigenvalue weighted by molar-refractivity contribution is -0.385. The number of nitro benzene ring substituents is 1. The summed E-state index contributed by atoms with van der Waals surface area (Å²) in [6.45, 7) is 1.40. The number of hydrogen-bond acceptors (Lipinski definition) is 8. The lowest BCUT2D eigenvalue weighted by atomic mass is 10.1. The van der Waals surface area contributed by atoms with Crippen molar-refractivity contribution in [3.8, 4) is 17.0 Å². The molecule has 2 aromatic carbocycles. The number of amides is 1. The van der Waals surface area contributed by atoms with Gasteiger partial charge in [-0.3, -0.25) is 19.6 Å². The number of esters is 1. The molecule has 0 aliphatic carbocycles. The topological polar surface area (TPSA) is 149 Å². The Morgan fingerprint density at radius 2 is 1.83 bits per heavy atom. The average Bonchev–Trinajstić information content (AvgIpc) is 3.14.